The molecule has 1 aromatic carbocycles. The summed E-state index contributed by atoms with van der Waals surface area (Å²) in [6.07, 6.45) is 3.26. The number of hydrogen-bond acceptors (Lipinski definition) is 3. The minimum absolute atomic E-state index is 0.591. The lowest BCUT2D eigenvalue weighted by molar-refractivity contribution is 0.160. The van der Waals surface area contributed by atoms with Crippen LogP contribution in [0.15, 0.2) is 42.6 Å². The van der Waals surface area contributed by atoms with Crippen LogP contribution in [0.5, 0.6) is 5.75 Å². The summed E-state index contributed by atoms with van der Waals surface area (Å²) < 4.78 is 5.28. The van der Waals surface area contributed by atoms with Gasteiger partial charge in [0.05, 0.1) is 7.11 Å². The molecular weight excluding hydrogens is 284 g/mol. The Morgan fingerprint density at radius 3 is 2.61 bits per heavy atom. The standard InChI is InChI=1S/C20H26N2O/c1-15-10-11-22(13-17-5-4-16(2)21-12-17)14-20(15)18-6-8-19(23-3)9-7-18/h4-9,12,15,20H,10-11,13-14H2,1-3H3. The Labute approximate surface area is 139 Å². The van der Waals surface area contributed by atoms with Crippen LogP contribution in [0, 0.1) is 12.8 Å². The Balaban J connectivity index is 1.69. The van der Waals surface area contributed by atoms with E-state index >= 15 is 0 Å². The molecule has 0 bridgehead atoms. The van der Waals surface area contributed by atoms with Crippen LogP contribution in [0.2, 0.25) is 0 Å². The summed E-state index contributed by atoms with van der Waals surface area (Å²) in [5.41, 5.74) is 3.81. The highest BCUT2D eigenvalue weighted by molar-refractivity contribution is 5.30. The molecule has 0 saturated carbocycles. The molecule has 1 aliphatic heterocycles. The van der Waals surface area contributed by atoms with Crippen LogP contribution in [-0.4, -0.2) is 30.1 Å². The van der Waals surface area contributed by atoms with E-state index in [1.807, 2.05) is 13.1 Å². The monoisotopic (exact) mass is 310 g/mol. The van der Waals surface area contributed by atoms with Crippen LogP contribution in [0.25, 0.3) is 0 Å². The molecule has 0 aliphatic carbocycles. The topological polar surface area (TPSA) is 25.4 Å². The average Bonchev–Trinajstić information content (AvgIpc) is 2.59. The van der Waals surface area contributed by atoms with Gasteiger partial charge >= 0.3 is 0 Å². The van der Waals surface area contributed by atoms with E-state index in [1.54, 1.807) is 7.11 Å². The van der Waals surface area contributed by atoms with Gasteiger partial charge in [-0.1, -0.05) is 25.1 Å². The van der Waals surface area contributed by atoms with Crippen LogP contribution in [0.3, 0.4) is 0 Å². The number of ether oxygens (including phenoxy) is 1. The summed E-state index contributed by atoms with van der Waals surface area (Å²) in [6, 6.07) is 12.9. The van der Waals surface area contributed by atoms with Gasteiger partial charge in [-0.05, 0) is 61.1 Å². The predicted molar refractivity (Wildman–Crippen MR) is 93.8 cm³/mol. The van der Waals surface area contributed by atoms with Gasteiger partial charge in [0, 0.05) is 25.0 Å². The highest BCUT2D eigenvalue weighted by atomic mass is 16.5. The summed E-state index contributed by atoms with van der Waals surface area (Å²) in [5, 5.41) is 0. The van der Waals surface area contributed by atoms with Crippen molar-refractivity contribution in [3.63, 3.8) is 0 Å². The van der Waals surface area contributed by atoms with E-state index in [2.05, 4.69) is 53.2 Å². The zero-order valence-electron chi connectivity index (χ0n) is 14.3. The maximum absolute atomic E-state index is 5.28. The fourth-order valence-electron chi connectivity index (χ4n) is 3.42. The van der Waals surface area contributed by atoms with Gasteiger partial charge in [-0.3, -0.25) is 9.88 Å². The molecule has 1 saturated heterocycles. The van der Waals surface area contributed by atoms with E-state index in [9.17, 15) is 0 Å². The van der Waals surface area contributed by atoms with E-state index in [-0.39, 0.29) is 0 Å². The lowest BCUT2D eigenvalue weighted by atomic mass is 9.82. The fourth-order valence-corrected chi connectivity index (χ4v) is 3.42. The van der Waals surface area contributed by atoms with Gasteiger partial charge in [-0.2, -0.15) is 0 Å². The second-order valence-corrected chi connectivity index (χ2v) is 6.69. The van der Waals surface area contributed by atoms with E-state index < -0.39 is 0 Å². The molecule has 0 N–H and O–H groups in total. The number of nitrogens with zero attached hydrogens (tertiary/aromatic N) is 2. The molecule has 2 aromatic rings. The second kappa shape index (κ2) is 7.14. The highest BCUT2D eigenvalue weighted by Crippen LogP contribution is 2.33. The number of piperidine rings is 1. The first-order valence-corrected chi connectivity index (χ1v) is 8.43. The smallest absolute Gasteiger partial charge is 0.118 e. The Kier molecular flexibility index (Phi) is 4.97. The first kappa shape index (κ1) is 16.0. The first-order valence-electron chi connectivity index (χ1n) is 8.43. The van der Waals surface area contributed by atoms with Gasteiger partial charge in [0.15, 0.2) is 0 Å². The largest absolute Gasteiger partial charge is 0.497 e. The fraction of sp³-hybridized carbons (Fsp3) is 0.450. The van der Waals surface area contributed by atoms with Crippen molar-refractivity contribution < 1.29 is 4.74 Å². The molecular formula is C20H26N2O. The Bertz CT molecular complexity index is 621. The predicted octanol–water partition coefficient (Wildman–Crippen LogP) is 4.02. The lowest BCUT2D eigenvalue weighted by Gasteiger charge is -2.37. The number of likely N-dealkylation sites (tertiary alicyclic amines) is 1. The third kappa shape index (κ3) is 3.91. The maximum Gasteiger partial charge on any atom is 0.118 e. The van der Waals surface area contributed by atoms with Crippen LogP contribution in [-0.2, 0) is 6.54 Å². The minimum atomic E-state index is 0.591. The molecule has 1 aromatic heterocycles. The molecule has 1 fully saturated rings. The molecule has 23 heavy (non-hydrogen) atoms. The minimum Gasteiger partial charge on any atom is -0.497 e. The van der Waals surface area contributed by atoms with Crippen LogP contribution < -0.4 is 4.74 Å². The molecule has 2 atom stereocenters. The number of hydrogen-bond donors (Lipinski definition) is 0. The lowest BCUT2D eigenvalue weighted by Crippen LogP contribution is -2.37. The summed E-state index contributed by atoms with van der Waals surface area (Å²) in [4.78, 5) is 6.97. The van der Waals surface area contributed by atoms with Crippen molar-refractivity contribution >= 4 is 0 Å². The van der Waals surface area contributed by atoms with Gasteiger partial charge in [-0.25, -0.2) is 0 Å². The summed E-state index contributed by atoms with van der Waals surface area (Å²) in [5.74, 6) is 2.24. The summed E-state index contributed by atoms with van der Waals surface area (Å²) in [6.45, 7) is 7.68. The van der Waals surface area contributed by atoms with Crippen molar-refractivity contribution in [2.75, 3.05) is 20.2 Å². The van der Waals surface area contributed by atoms with Crippen molar-refractivity contribution in [2.45, 2.75) is 32.7 Å². The van der Waals surface area contributed by atoms with Gasteiger partial charge in [0.25, 0.3) is 0 Å². The highest BCUT2D eigenvalue weighted by Gasteiger charge is 2.27. The van der Waals surface area contributed by atoms with Gasteiger partial charge in [0.2, 0.25) is 0 Å². The maximum atomic E-state index is 5.28. The van der Waals surface area contributed by atoms with Crippen molar-refractivity contribution in [3.8, 4) is 5.75 Å². The van der Waals surface area contributed by atoms with Crippen molar-refractivity contribution in [2.24, 2.45) is 5.92 Å². The molecule has 3 nitrogen and oxygen atoms in total. The number of pyridine rings is 1. The van der Waals surface area contributed by atoms with Gasteiger partial charge < -0.3 is 4.74 Å². The van der Waals surface area contributed by atoms with Crippen molar-refractivity contribution in [1.82, 2.24) is 9.88 Å². The van der Waals surface area contributed by atoms with E-state index in [4.69, 9.17) is 4.74 Å². The van der Waals surface area contributed by atoms with Crippen LogP contribution >= 0.6 is 0 Å². The Hall–Kier alpha value is -1.87. The molecule has 1 aliphatic rings. The van der Waals surface area contributed by atoms with E-state index in [0.717, 1.165) is 30.5 Å². The van der Waals surface area contributed by atoms with Crippen molar-refractivity contribution in [3.05, 3.63) is 59.4 Å². The molecule has 3 rings (SSSR count). The number of aryl methyl sites for hydroxylation is 1. The Morgan fingerprint density at radius 2 is 1.96 bits per heavy atom. The average molecular weight is 310 g/mol. The molecule has 0 amide bonds. The molecule has 2 heterocycles. The molecule has 122 valence electrons. The summed E-state index contributed by atoms with van der Waals surface area (Å²) >= 11 is 0. The molecule has 0 radical (unpaired) electrons. The van der Waals surface area contributed by atoms with Crippen LogP contribution in [0.1, 0.15) is 36.1 Å². The first-order chi connectivity index (χ1) is 11.2. The quantitative estimate of drug-likeness (QED) is 0.852. The zero-order chi connectivity index (χ0) is 16.2. The van der Waals surface area contributed by atoms with Gasteiger partial charge in [-0.15, -0.1) is 0 Å². The molecule has 3 heteroatoms. The van der Waals surface area contributed by atoms with Gasteiger partial charge in [0.1, 0.15) is 5.75 Å². The SMILES string of the molecule is COc1ccc(C2CN(Cc3ccc(C)nc3)CCC2C)cc1. The third-order valence-corrected chi connectivity index (χ3v) is 4.97. The number of aromatic nitrogens is 1. The van der Waals surface area contributed by atoms with E-state index in [1.165, 1.54) is 24.1 Å². The van der Waals surface area contributed by atoms with Crippen molar-refractivity contribution in [1.29, 1.82) is 0 Å². The number of methoxy groups -OCH3 is 1. The Morgan fingerprint density at radius 1 is 1.17 bits per heavy atom. The normalized spacial score (nSPS) is 22.0. The molecule has 2 unspecified atom stereocenters. The number of rotatable bonds is 4. The second-order valence-electron chi connectivity index (χ2n) is 6.69. The molecule has 0 spiro atoms. The summed E-state index contributed by atoms with van der Waals surface area (Å²) in [7, 11) is 1.72. The zero-order valence-corrected chi connectivity index (χ0v) is 14.3. The third-order valence-electron chi connectivity index (χ3n) is 4.97. The number of benzene rings is 1. The van der Waals surface area contributed by atoms with Crippen LogP contribution in [0.4, 0.5) is 0 Å². The van der Waals surface area contributed by atoms with E-state index in [0.29, 0.717) is 5.92 Å².